The van der Waals surface area contributed by atoms with Crippen molar-refractivity contribution in [3.63, 3.8) is 0 Å². The highest BCUT2D eigenvalue weighted by molar-refractivity contribution is 6.31. The molecule has 0 fully saturated rings. The van der Waals surface area contributed by atoms with Crippen molar-refractivity contribution in [1.29, 1.82) is 5.26 Å². The van der Waals surface area contributed by atoms with Crippen LogP contribution in [0.25, 0.3) is 10.9 Å². The van der Waals surface area contributed by atoms with Crippen LogP contribution in [0.15, 0.2) is 36.4 Å². The van der Waals surface area contributed by atoms with Crippen molar-refractivity contribution in [3.05, 3.63) is 69.6 Å². The van der Waals surface area contributed by atoms with Crippen LogP contribution >= 0.6 is 11.6 Å². The second-order valence-corrected chi connectivity index (χ2v) is 9.25. The van der Waals surface area contributed by atoms with Crippen LogP contribution < -0.4 is 0 Å². The van der Waals surface area contributed by atoms with E-state index in [4.69, 9.17) is 26.7 Å². The summed E-state index contributed by atoms with van der Waals surface area (Å²) in [4.78, 5) is 24.3. The number of hydrogen-bond donors (Lipinski definition) is 1. The molecule has 35 heavy (non-hydrogen) atoms. The third-order valence-corrected chi connectivity index (χ3v) is 6.16. The van der Waals surface area contributed by atoms with Crippen LogP contribution in [0.3, 0.4) is 0 Å². The number of nitriles is 1. The zero-order valence-electron chi connectivity index (χ0n) is 19.8. The van der Waals surface area contributed by atoms with Crippen LogP contribution in [0.1, 0.15) is 59.8 Å². The van der Waals surface area contributed by atoms with E-state index in [1.165, 1.54) is 6.07 Å². The van der Waals surface area contributed by atoms with Gasteiger partial charge in [-0.15, -0.1) is 0 Å². The van der Waals surface area contributed by atoms with Crippen LogP contribution in [0.4, 0.5) is 4.39 Å². The Morgan fingerprint density at radius 1 is 1.23 bits per heavy atom. The number of carbonyl (C=O) groups is 2. The Balaban J connectivity index is 1.71. The molecule has 6 nitrogen and oxygen atoms in total. The number of benzene rings is 2. The number of rotatable bonds is 12. The summed E-state index contributed by atoms with van der Waals surface area (Å²) in [5.41, 5.74) is 2.94. The first kappa shape index (κ1) is 26.4. The molecule has 0 amide bonds. The Kier molecular flexibility index (Phi) is 9.02. The van der Waals surface area contributed by atoms with Crippen molar-refractivity contribution in [2.24, 2.45) is 13.0 Å². The topological polar surface area (TPSA) is 92.3 Å². The highest BCUT2D eigenvalue weighted by Gasteiger charge is 2.25. The molecule has 0 spiro atoms. The molecule has 8 heteroatoms. The van der Waals surface area contributed by atoms with Crippen molar-refractivity contribution in [1.82, 2.24) is 4.57 Å². The lowest BCUT2D eigenvalue weighted by atomic mass is 9.94. The molecule has 0 saturated carbocycles. The molecule has 0 aliphatic heterocycles. The normalized spacial score (nSPS) is 12.0. The maximum absolute atomic E-state index is 14.8. The highest BCUT2D eigenvalue weighted by Crippen LogP contribution is 2.33. The van der Waals surface area contributed by atoms with Gasteiger partial charge < -0.3 is 14.4 Å². The summed E-state index contributed by atoms with van der Waals surface area (Å²) >= 11 is 6.10. The zero-order chi connectivity index (χ0) is 25.5. The van der Waals surface area contributed by atoms with E-state index in [-0.39, 0.29) is 29.6 Å². The van der Waals surface area contributed by atoms with Crippen molar-refractivity contribution >= 4 is 34.3 Å². The summed E-state index contributed by atoms with van der Waals surface area (Å²) in [7, 11) is 1.73. The molecule has 0 saturated heterocycles. The van der Waals surface area contributed by atoms with Crippen LogP contribution in [0, 0.1) is 23.1 Å². The Morgan fingerprint density at radius 2 is 2.00 bits per heavy atom. The molecule has 0 bridgehead atoms. The Bertz CT molecular complexity index is 1280. The van der Waals surface area contributed by atoms with Gasteiger partial charge in [-0.2, -0.15) is 5.26 Å². The summed E-state index contributed by atoms with van der Waals surface area (Å²) in [6.07, 6.45) is 1.91. The molecule has 3 aromatic rings. The number of unbranched alkanes of at least 4 members (excludes halogenated alkanes) is 1. The molecular formula is C27H28ClFN2O4. The predicted molar refractivity (Wildman–Crippen MR) is 132 cm³/mol. The first-order chi connectivity index (χ1) is 16.7. The lowest BCUT2D eigenvalue weighted by Gasteiger charge is -2.11. The van der Waals surface area contributed by atoms with Crippen LogP contribution in [0.2, 0.25) is 5.02 Å². The van der Waals surface area contributed by atoms with E-state index in [2.05, 4.69) is 6.07 Å². The number of halogens is 2. The minimum atomic E-state index is -0.961. The maximum Gasteiger partial charge on any atom is 0.303 e. The molecule has 1 atom stereocenters. The Hall–Kier alpha value is -3.21. The second kappa shape index (κ2) is 12.0. The van der Waals surface area contributed by atoms with E-state index in [0.717, 1.165) is 12.0 Å². The quantitative estimate of drug-likeness (QED) is 0.242. The maximum atomic E-state index is 14.8. The molecule has 1 N–H and O–H groups in total. The van der Waals surface area contributed by atoms with Gasteiger partial charge in [0.15, 0.2) is 5.78 Å². The zero-order valence-corrected chi connectivity index (χ0v) is 20.6. The van der Waals surface area contributed by atoms with E-state index < -0.39 is 11.8 Å². The van der Waals surface area contributed by atoms with Gasteiger partial charge in [-0.25, -0.2) is 4.39 Å². The average Bonchev–Trinajstić information content (AvgIpc) is 3.07. The molecule has 0 aliphatic carbocycles. The van der Waals surface area contributed by atoms with Crippen LogP contribution in [-0.2, 0) is 29.6 Å². The van der Waals surface area contributed by atoms with Gasteiger partial charge in [0, 0.05) is 48.2 Å². The van der Waals surface area contributed by atoms with Gasteiger partial charge in [0.05, 0.1) is 23.8 Å². The van der Waals surface area contributed by atoms with Crippen molar-refractivity contribution < 1.29 is 23.8 Å². The van der Waals surface area contributed by atoms with Crippen molar-refractivity contribution in [3.8, 4) is 6.07 Å². The number of ether oxygens (including phenoxy) is 1. The SMILES string of the molecule is C[C@H](CC(=O)O)CC(=O)c1c(CCCCOCc2cccc(C#N)c2)n(C)c2c(F)cc(Cl)cc12. The van der Waals surface area contributed by atoms with Gasteiger partial charge in [0.1, 0.15) is 5.82 Å². The van der Waals surface area contributed by atoms with E-state index >= 15 is 0 Å². The van der Waals surface area contributed by atoms with E-state index in [9.17, 15) is 14.0 Å². The number of carboxylic acid groups (broad SMARTS) is 1. The van der Waals surface area contributed by atoms with Gasteiger partial charge in [-0.3, -0.25) is 9.59 Å². The molecule has 1 heterocycles. The third kappa shape index (κ3) is 6.68. The van der Waals surface area contributed by atoms with E-state index in [1.54, 1.807) is 36.7 Å². The largest absolute Gasteiger partial charge is 0.481 e. The lowest BCUT2D eigenvalue weighted by molar-refractivity contribution is -0.137. The number of nitrogens with zero attached hydrogens (tertiary/aromatic N) is 2. The highest BCUT2D eigenvalue weighted by atomic mass is 35.5. The van der Waals surface area contributed by atoms with Crippen LogP contribution in [0.5, 0.6) is 0 Å². The lowest BCUT2D eigenvalue weighted by Crippen LogP contribution is -2.12. The third-order valence-electron chi connectivity index (χ3n) is 5.94. The van der Waals surface area contributed by atoms with E-state index in [1.807, 2.05) is 12.1 Å². The summed E-state index contributed by atoms with van der Waals surface area (Å²) in [5.74, 6) is -2.02. The van der Waals surface area contributed by atoms with Gasteiger partial charge in [0.25, 0.3) is 0 Å². The fourth-order valence-corrected chi connectivity index (χ4v) is 4.57. The molecule has 2 aromatic carbocycles. The number of aliphatic carboxylic acids is 1. The first-order valence-electron chi connectivity index (χ1n) is 11.5. The number of Topliss-reactive ketones (excluding diaryl/α,β-unsaturated/α-hetero) is 1. The van der Waals surface area contributed by atoms with Gasteiger partial charge >= 0.3 is 5.97 Å². The monoisotopic (exact) mass is 498 g/mol. The first-order valence-corrected chi connectivity index (χ1v) is 11.9. The van der Waals surface area contributed by atoms with Crippen molar-refractivity contribution in [2.75, 3.05) is 6.61 Å². The Morgan fingerprint density at radius 3 is 2.71 bits per heavy atom. The molecule has 0 aliphatic rings. The number of ketones is 1. The van der Waals surface area contributed by atoms with Crippen LogP contribution in [-0.4, -0.2) is 28.0 Å². The molecular weight excluding hydrogens is 471 g/mol. The number of aryl methyl sites for hydroxylation is 1. The standard InChI is InChI=1S/C27H28ClFN2O4/c1-17(11-25(33)34)10-24(32)26-21-13-20(28)14-22(29)27(21)31(2)23(26)8-3-4-9-35-16-19-7-5-6-18(12-19)15-30/h5-7,12-14,17H,3-4,8-11,16H2,1-2H3,(H,33,34)/t17-/m0/s1. The number of carboxylic acids is 1. The number of aromatic nitrogens is 1. The number of carbonyl (C=O) groups excluding carboxylic acids is 1. The number of fused-ring (bicyclic) bond motifs is 1. The smallest absolute Gasteiger partial charge is 0.303 e. The molecule has 3 rings (SSSR count). The van der Waals surface area contributed by atoms with E-state index in [0.29, 0.717) is 53.8 Å². The molecule has 0 unspecified atom stereocenters. The Labute approximate surface area is 208 Å². The summed E-state index contributed by atoms with van der Waals surface area (Å²) < 4.78 is 22.2. The number of hydrogen-bond acceptors (Lipinski definition) is 4. The van der Waals surface area contributed by atoms with Crippen molar-refractivity contribution in [2.45, 2.75) is 45.6 Å². The fourth-order valence-electron chi connectivity index (χ4n) is 4.37. The average molecular weight is 499 g/mol. The fraction of sp³-hybridized carbons (Fsp3) is 0.370. The van der Waals surface area contributed by atoms with Gasteiger partial charge in [-0.1, -0.05) is 30.7 Å². The molecule has 0 radical (unpaired) electrons. The summed E-state index contributed by atoms with van der Waals surface area (Å²) in [6.45, 7) is 2.62. The molecule has 184 valence electrons. The second-order valence-electron chi connectivity index (χ2n) is 8.82. The van der Waals surface area contributed by atoms with Gasteiger partial charge in [-0.05, 0) is 55.0 Å². The minimum Gasteiger partial charge on any atom is -0.481 e. The summed E-state index contributed by atoms with van der Waals surface area (Å²) in [5, 5.41) is 18.7. The minimum absolute atomic E-state index is 0.0530. The molecule has 1 aromatic heterocycles. The summed E-state index contributed by atoms with van der Waals surface area (Å²) in [6, 6.07) is 12.2. The van der Waals surface area contributed by atoms with Gasteiger partial charge in [0.2, 0.25) is 0 Å². The predicted octanol–water partition coefficient (Wildman–Crippen LogP) is 6.07.